The first-order chi connectivity index (χ1) is 11.0. The van der Waals surface area contributed by atoms with Gasteiger partial charge in [0.05, 0.1) is 16.5 Å². The van der Waals surface area contributed by atoms with E-state index in [1.807, 2.05) is 36.4 Å². The van der Waals surface area contributed by atoms with E-state index < -0.39 is 0 Å². The molecule has 0 spiro atoms. The Kier molecular flexibility index (Phi) is 8.57. The summed E-state index contributed by atoms with van der Waals surface area (Å²) in [7, 11) is 1.77. The highest BCUT2D eigenvalue weighted by Crippen LogP contribution is 2.23. The highest BCUT2D eigenvalue weighted by Gasteiger charge is 2.14. The topological polar surface area (TPSA) is 46.3 Å². The van der Waals surface area contributed by atoms with E-state index in [4.69, 9.17) is 28.9 Å². The Hall–Kier alpha value is -1.26. The molecule has 24 heavy (non-hydrogen) atoms. The van der Waals surface area contributed by atoms with Crippen molar-refractivity contribution >= 4 is 41.5 Å². The number of hydrogen-bond donors (Lipinski definition) is 1. The highest BCUT2D eigenvalue weighted by molar-refractivity contribution is 6.42. The predicted molar refractivity (Wildman–Crippen MR) is 103 cm³/mol. The van der Waals surface area contributed by atoms with Gasteiger partial charge >= 0.3 is 0 Å². The molecule has 0 aliphatic heterocycles. The van der Waals surface area contributed by atoms with Crippen molar-refractivity contribution in [1.82, 2.24) is 4.90 Å². The molecule has 1 amide bonds. The molecule has 0 aromatic heterocycles. The maximum atomic E-state index is 12.3. The monoisotopic (exact) mass is 386 g/mol. The van der Waals surface area contributed by atoms with E-state index in [1.54, 1.807) is 24.1 Å². The number of nitrogens with two attached hydrogens (primary N) is 1. The Morgan fingerprint density at radius 3 is 2.38 bits per heavy atom. The lowest BCUT2D eigenvalue weighted by atomic mass is 10.1. The second-order valence-corrected chi connectivity index (χ2v) is 6.46. The minimum Gasteiger partial charge on any atom is -0.344 e. The van der Waals surface area contributed by atoms with E-state index in [9.17, 15) is 4.79 Å². The van der Waals surface area contributed by atoms with Crippen LogP contribution in [0.25, 0.3) is 0 Å². The fourth-order valence-corrected chi connectivity index (χ4v) is 2.71. The average Bonchev–Trinajstić information content (AvgIpc) is 2.51. The molecule has 0 aliphatic carbocycles. The van der Waals surface area contributed by atoms with Gasteiger partial charge in [-0.2, -0.15) is 0 Å². The summed E-state index contributed by atoms with van der Waals surface area (Å²) in [4.78, 5) is 14.0. The number of rotatable bonds is 6. The van der Waals surface area contributed by atoms with E-state index in [0.29, 0.717) is 16.6 Å². The Morgan fingerprint density at radius 1 is 1.08 bits per heavy atom. The van der Waals surface area contributed by atoms with E-state index in [-0.39, 0.29) is 30.8 Å². The summed E-state index contributed by atoms with van der Waals surface area (Å²) >= 11 is 11.9. The maximum absolute atomic E-state index is 12.3. The van der Waals surface area contributed by atoms with Crippen LogP contribution in [0.4, 0.5) is 0 Å². The van der Waals surface area contributed by atoms with Crippen molar-refractivity contribution in [2.24, 2.45) is 5.73 Å². The van der Waals surface area contributed by atoms with Gasteiger partial charge in [0.2, 0.25) is 5.91 Å². The van der Waals surface area contributed by atoms with E-state index in [0.717, 1.165) is 12.0 Å². The zero-order valence-corrected chi connectivity index (χ0v) is 15.7. The first-order valence-electron chi connectivity index (χ1n) is 7.43. The zero-order chi connectivity index (χ0) is 16.8. The van der Waals surface area contributed by atoms with Crippen LogP contribution in [0, 0.1) is 0 Å². The summed E-state index contributed by atoms with van der Waals surface area (Å²) < 4.78 is 0. The van der Waals surface area contributed by atoms with Gasteiger partial charge in [0.15, 0.2) is 0 Å². The van der Waals surface area contributed by atoms with Gasteiger partial charge < -0.3 is 10.6 Å². The SMILES string of the molecule is CN(CC(N)Cc1ccccc1)C(=O)Cc1ccc(Cl)c(Cl)c1.Cl. The normalized spacial score (nSPS) is 11.5. The average molecular weight is 388 g/mol. The molecule has 2 rings (SSSR count). The molecule has 1 unspecified atom stereocenters. The molecule has 0 aliphatic rings. The minimum atomic E-state index is -0.0971. The Labute approximate surface area is 159 Å². The van der Waals surface area contributed by atoms with Crippen molar-refractivity contribution in [2.45, 2.75) is 18.9 Å². The van der Waals surface area contributed by atoms with Crippen molar-refractivity contribution in [3.63, 3.8) is 0 Å². The summed E-state index contributed by atoms with van der Waals surface area (Å²) in [5.74, 6) is 0.00639. The summed E-state index contributed by atoms with van der Waals surface area (Å²) in [6.45, 7) is 0.509. The molecule has 0 saturated heterocycles. The zero-order valence-electron chi connectivity index (χ0n) is 13.4. The lowest BCUT2D eigenvalue weighted by Crippen LogP contribution is -2.40. The van der Waals surface area contributed by atoms with Gasteiger partial charge in [0, 0.05) is 19.6 Å². The first kappa shape index (κ1) is 20.8. The van der Waals surface area contributed by atoms with Crippen LogP contribution in [0.1, 0.15) is 11.1 Å². The fraction of sp³-hybridized carbons (Fsp3) is 0.278. The smallest absolute Gasteiger partial charge is 0.226 e. The fourth-order valence-electron chi connectivity index (χ4n) is 2.39. The third-order valence-electron chi connectivity index (χ3n) is 3.61. The lowest BCUT2D eigenvalue weighted by Gasteiger charge is -2.22. The molecule has 2 aromatic carbocycles. The number of carbonyl (C=O) groups excluding carboxylic acids is 1. The molecular weight excluding hydrogens is 367 g/mol. The number of amides is 1. The van der Waals surface area contributed by atoms with Gasteiger partial charge in [-0.15, -0.1) is 12.4 Å². The number of halogens is 3. The molecule has 0 saturated carbocycles. The van der Waals surface area contributed by atoms with Gasteiger partial charge in [-0.3, -0.25) is 4.79 Å². The van der Waals surface area contributed by atoms with Gasteiger partial charge in [0.25, 0.3) is 0 Å². The standard InChI is InChI=1S/C18H20Cl2N2O.ClH/c1-22(12-15(21)9-13-5-3-2-4-6-13)18(23)11-14-7-8-16(19)17(20)10-14;/h2-8,10,15H,9,11-12,21H2,1H3;1H. The van der Waals surface area contributed by atoms with Crippen molar-refractivity contribution in [3.05, 3.63) is 69.7 Å². The lowest BCUT2D eigenvalue weighted by molar-refractivity contribution is -0.129. The predicted octanol–water partition coefficient (Wildman–Crippen LogP) is 3.99. The summed E-state index contributed by atoms with van der Waals surface area (Å²) in [6, 6.07) is 15.2. The summed E-state index contributed by atoms with van der Waals surface area (Å²) in [6.07, 6.45) is 1.02. The van der Waals surface area contributed by atoms with Crippen molar-refractivity contribution < 1.29 is 4.79 Å². The van der Waals surface area contributed by atoms with E-state index >= 15 is 0 Å². The molecule has 0 bridgehead atoms. The molecule has 130 valence electrons. The second kappa shape index (κ2) is 9.90. The Bertz CT molecular complexity index is 665. The third kappa shape index (κ3) is 6.33. The maximum Gasteiger partial charge on any atom is 0.226 e. The highest BCUT2D eigenvalue weighted by atomic mass is 35.5. The third-order valence-corrected chi connectivity index (χ3v) is 4.35. The van der Waals surface area contributed by atoms with Gasteiger partial charge in [-0.25, -0.2) is 0 Å². The van der Waals surface area contributed by atoms with Crippen molar-refractivity contribution in [2.75, 3.05) is 13.6 Å². The largest absolute Gasteiger partial charge is 0.344 e. The van der Waals surface area contributed by atoms with Gasteiger partial charge in [-0.1, -0.05) is 59.6 Å². The van der Waals surface area contributed by atoms with Crippen LogP contribution in [0.5, 0.6) is 0 Å². The molecule has 3 nitrogen and oxygen atoms in total. The quantitative estimate of drug-likeness (QED) is 0.814. The van der Waals surface area contributed by atoms with Crippen LogP contribution in [-0.2, 0) is 17.6 Å². The van der Waals surface area contributed by atoms with E-state index in [2.05, 4.69) is 0 Å². The van der Waals surface area contributed by atoms with Crippen LogP contribution in [0.2, 0.25) is 10.0 Å². The molecule has 0 fully saturated rings. The van der Waals surface area contributed by atoms with Crippen LogP contribution in [0.3, 0.4) is 0 Å². The Morgan fingerprint density at radius 2 is 1.75 bits per heavy atom. The number of hydrogen-bond acceptors (Lipinski definition) is 2. The molecule has 0 radical (unpaired) electrons. The van der Waals surface area contributed by atoms with Crippen LogP contribution in [0.15, 0.2) is 48.5 Å². The summed E-state index contributed by atoms with van der Waals surface area (Å²) in [5.41, 5.74) is 8.16. The number of nitrogens with zero attached hydrogens (tertiary/aromatic N) is 1. The molecule has 2 aromatic rings. The number of benzene rings is 2. The van der Waals surface area contributed by atoms with Crippen molar-refractivity contribution in [1.29, 1.82) is 0 Å². The molecule has 6 heteroatoms. The molecule has 0 heterocycles. The Balaban J connectivity index is 0.00000288. The van der Waals surface area contributed by atoms with Crippen molar-refractivity contribution in [3.8, 4) is 0 Å². The van der Waals surface area contributed by atoms with Crippen LogP contribution in [-0.4, -0.2) is 30.4 Å². The van der Waals surface area contributed by atoms with Crippen LogP contribution >= 0.6 is 35.6 Å². The molecular formula is C18H21Cl3N2O. The summed E-state index contributed by atoms with van der Waals surface area (Å²) in [5, 5.41) is 0.946. The van der Waals surface area contributed by atoms with Gasteiger partial charge in [-0.05, 0) is 29.7 Å². The molecule has 2 N–H and O–H groups in total. The first-order valence-corrected chi connectivity index (χ1v) is 8.18. The molecule has 1 atom stereocenters. The number of likely N-dealkylation sites (N-methyl/N-ethyl adjacent to an activating group) is 1. The van der Waals surface area contributed by atoms with Gasteiger partial charge in [0.1, 0.15) is 0 Å². The second-order valence-electron chi connectivity index (χ2n) is 5.65. The number of carbonyl (C=O) groups is 1. The van der Waals surface area contributed by atoms with Crippen LogP contribution < -0.4 is 5.73 Å². The minimum absolute atomic E-state index is 0. The van der Waals surface area contributed by atoms with E-state index in [1.165, 1.54) is 5.56 Å².